The van der Waals surface area contributed by atoms with Gasteiger partial charge >= 0.3 is 0 Å². The molecule has 0 heterocycles. The fourth-order valence-electron chi connectivity index (χ4n) is 5.63. The number of phenolic OH excluding ortho intramolecular Hbond substituents is 2. The second-order valence-corrected chi connectivity index (χ2v) is 9.87. The molecule has 210 valence electrons. The number of methoxy groups -OCH3 is 4. The Hall–Kier alpha value is -5.36. The van der Waals surface area contributed by atoms with Crippen LogP contribution in [0, 0.1) is 0 Å². The van der Waals surface area contributed by atoms with Gasteiger partial charge in [-0.2, -0.15) is 0 Å². The van der Waals surface area contributed by atoms with Crippen LogP contribution in [0.25, 0.3) is 54.9 Å². The summed E-state index contributed by atoms with van der Waals surface area (Å²) in [6.45, 7) is 0. The summed E-state index contributed by atoms with van der Waals surface area (Å²) in [6.07, 6.45) is 0. The molecule has 0 aliphatic rings. The van der Waals surface area contributed by atoms with Crippen LogP contribution in [0.2, 0.25) is 0 Å². The zero-order valence-corrected chi connectivity index (χ0v) is 23.8. The van der Waals surface area contributed by atoms with Crippen LogP contribution in [-0.4, -0.2) is 38.7 Å². The van der Waals surface area contributed by atoms with Crippen molar-refractivity contribution in [2.45, 2.75) is 0 Å². The number of hydrogen-bond donors (Lipinski definition) is 2. The minimum absolute atomic E-state index is 0.0245. The van der Waals surface area contributed by atoms with Crippen LogP contribution in [0.4, 0.5) is 0 Å². The Bertz CT molecular complexity index is 1820. The number of ether oxygens (including phenoxy) is 4. The predicted octanol–water partition coefficient (Wildman–Crippen LogP) is 8.44. The molecule has 42 heavy (non-hydrogen) atoms. The number of phenols is 2. The summed E-state index contributed by atoms with van der Waals surface area (Å²) in [5.41, 5.74) is 3.56. The zero-order valence-electron chi connectivity index (χ0n) is 23.8. The van der Waals surface area contributed by atoms with Gasteiger partial charge in [-0.25, -0.2) is 0 Å². The van der Waals surface area contributed by atoms with Crippen molar-refractivity contribution in [3.8, 4) is 67.9 Å². The Labute approximate surface area is 243 Å². The summed E-state index contributed by atoms with van der Waals surface area (Å²) in [5.74, 6) is 2.43. The molecule has 0 aliphatic carbocycles. The van der Waals surface area contributed by atoms with Gasteiger partial charge in [-0.3, -0.25) is 0 Å². The maximum Gasteiger partial charge on any atom is 0.132 e. The predicted molar refractivity (Wildman–Crippen MR) is 167 cm³/mol. The first-order valence-electron chi connectivity index (χ1n) is 13.4. The molecule has 6 nitrogen and oxygen atoms in total. The molecule has 6 aromatic carbocycles. The maximum atomic E-state index is 12.1. The fraction of sp³-hybridized carbons (Fsp3) is 0.111. The molecule has 0 bridgehead atoms. The molecule has 0 radical (unpaired) electrons. The normalized spacial score (nSPS) is 11.0. The van der Waals surface area contributed by atoms with E-state index in [4.69, 9.17) is 18.9 Å². The van der Waals surface area contributed by atoms with E-state index in [0.29, 0.717) is 56.4 Å². The van der Waals surface area contributed by atoms with Crippen LogP contribution >= 0.6 is 0 Å². The van der Waals surface area contributed by atoms with Crippen molar-refractivity contribution in [3.05, 3.63) is 97.1 Å². The molecule has 0 saturated heterocycles. The zero-order chi connectivity index (χ0) is 29.4. The Kier molecular flexibility index (Phi) is 6.97. The van der Waals surface area contributed by atoms with Gasteiger partial charge in [0.15, 0.2) is 0 Å². The third kappa shape index (κ3) is 4.38. The van der Waals surface area contributed by atoms with Crippen molar-refractivity contribution in [2.24, 2.45) is 0 Å². The van der Waals surface area contributed by atoms with Crippen LogP contribution in [0.5, 0.6) is 34.5 Å². The molecular weight excluding hydrogens is 528 g/mol. The first-order chi connectivity index (χ1) is 20.5. The molecule has 2 N–H and O–H groups in total. The first-order valence-corrected chi connectivity index (χ1v) is 13.4. The van der Waals surface area contributed by atoms with Gasteiger partial charge in [0.2, 0.25) is 0 Å². The van der Waals surface area contributed by atoms with E-state index >= 15 is 0 Å². The van der Waals surface area contributed by atoms with Crippen LogP contribution < -0.4 is 18.9 Å². The van der Waals surface area contributed by atoms with Gasteiger partial charge < -0.3 is 29.2 Å². The van der Waals surface area contributed by atoms with E-state index in [1.54, 1.807) is 40.6 Å². The van der Waals surface area contributed by atoms with E-state index in [-0.39, 0.29) is 11.5 Å². The standard InChI is InChI=1S/C36H30O6/c1-39-23-13-15-27(31(19-23)41-3)29-17-21-9-5-7-11-25(21)33(35(29)37)34-26-12-8-6-10-22(26)18-30(36(34)38)28-16-14-24(40-2)20-32(28)42-4/h5-20,37-38H,1-4H3. The van der Waals surface area contributed by atoms with Crippen LogP contribution in [0.1, 0.15) is 0 Å². The first kappa shape index (κ1) is 26.8. The maximum absolute atomic E-state index is 12.1. The lowest BCUT2D eigenvalue weighted by molar-refractivity contribution is 0.395. The van der Waals surface area contributed by atoms with Crippen LogP contribution in [0.15, 0.2) is 97.1 Å². The minimum atomic E-state index is 0.0245. The molecule has 0 saturated carbocycles. The molecule has 0 aliphatic heterocycles. The van der Waals surface area contributed by atoms with Gasteiger partial charge in [-0.05, 0) is 57.9 Å². The number of benzene rings is 6. The van der Waals surface area contributed by atoms with E-state index in [0.717, 1.165) is 21.5 Å². The molecule has 6 heteroatoms. The average Bonchev–Trinajstić information content (AvgIpc) is 3.04. The summed E-state index contributed by atoms with van der Waals surface area (Å²) in [4.78, 5) is 0. The molecule has 0 fully saturated rings. The number of rotatable bonds is 7. The van der Waals surface area contributed by atoms with Crippen molar-refractivity contribution in [3.63, 3.8) is 0 Å². The average molecular weight is 559 g/mol. The second kappa shape index (κ2) is 10.9. The largest absolute Gasteiger partial charge is 0.507 e. The third-order valence-electron chi connectivity index (χ3n) is 7.69. The number of hydrogen-bond acceptors (Lipinski definition) is 6. The molecule has 6 rings (SSSR count). The Morgan fingerprint density at radius 1 is 0.429 bits per heavy atom. The molecule has 0 atom stereocenters. The van der Waals surface area contributed by atoms with Crippen molar-refractivity contribution >= 4 is 21.5 Å². The van der Waals surface area contributed by atoms with Crippen molar-refractivity contribution < 1.29 is 29.2 Å². The second-order valence-electron chi connectivity index (χ2n) is 9.87. The quantitative estimate of drug-likeness (QED) is 0.205. The number of fused-ring (bicyclic) bond motifs is 2. The van der Waals surface area contributed by atoms with Crippen LogP contribution in [0.3, 0.4) is 0 Å². The topological polar surface area (TPSA) is 77.4 Å². The van der Waals surface area contributed by atoms with Gasteiger partial charge in [0.25, 0.3) is 0 Å². The van der Waals surface area contributed by atoms with Crippen molar-refractivity contribution in [1.82, 2.24) is 0 Å². The number of aromatic hydroxyl groups is 2. The highest BCUT2D eigenvalue weighted by atomic mass is 16.5. The van der Waals surface area contributed by atoms with Crippen molar-refractivity contribution in [1.29, 1.82) is 0 Å². The molecule has 0 aromatic heterocycles. The van der Waals surface area contributed by atoms with E-state index in [9.17, 15) is 10.2 Å². The lowest BCUT2D eigenvalue weighted by Gasteiger charge is -2.21. The summed E-state index contributed by atoms with van der Waals surface area (Å²) in [7, 11) is 6.36. The van der Waals surface area contributed by atoms with Crippen molar-refractivity contribution in [2.75, 3.05) is 28.4 Å². The van der Waals surface area contributed by atoms with Crippen LogP contribution in [-0.2, 0) is 0 Å². The van der Waals surface area contributed by atoms with Gasteiger partial charge in [-0.15, -0.1) is 0 Å². The molecule has 6 aromatic rings. The van der Waals surface area contributed by atoms with Gasteiger partial charge in [-0.1, -0.05) is 48.5 Å². The third-order valence-corrected chi connectivity index (χ3v) is 7.69. The lowest BCUT2D eigenvalue weighted by Crippen LogP contribution is -1.95. The Morgan fingerprint density at radius 2 is 0.833 bits per heavy atom. The van der Waals surface area contributed by atoms with E-state index in [1.165, 1.54) is 0 Å². The highest BCUT2D eigenvalue weighted by Crippen LogP contribution is 2.53. The van der Waals surface area contributed by atoms with E-state index in [1.807, 2.05) is 84.9 Å². The van der Waals surface area contributed by atoms with E-state index < -0.39 is 0 Å². The lowest BCUT2D eigenvalue weighted by atomic mass is 9.86. The Balaban J connectivity index is 1.73. The summed E-state index contributed by atoms with van der Waals surface area (Å²) in [5, 5.41) is 27.6. The molecule has 0 amide bonds. The fourth-order valence-corrected chi connectivity index (χ4v) is 5.63. The van der Waals surface area contributed by atoms with Gasteiger partial charge in [0, 0.05) is 45.5 Å². The van der Waals surface area contributed by atoms with Gasteiger partial charge in [0.05, 0.1) is 28.4 Å². The molecule has 0 unspecified atom stereocenters. The Morgan fingerprint density at radius 3 is 1.21 bits per heavy atom. The molecule has 0 spiro atoms. The smallest absolute Gasteiger partial charge is 0.132 e. The summed E-state index contributed by atoms with van der Waals surface area (Å²) in [6, 6.07) is 30.5. The highest BCUT2D eigenvalue weighted by Gasteiger charge is 2.25. The minimum Gasteiger partial charge on any atom is -0.507 e. The highest BCUT2D eigenvalue weighted by molar-refractivity contribution is 6.14. The van der Waals surface area contributed by atoms with Gasteiger partial charge in [0.1, 0.15) is 34.5 Å². The molecular formula is C36H30O6. The summed E-state index contributed by atoms with van der Waals surface area (Å²) < 4.78 is 22.2. The van der Waals surface area contributed by atoms with E-state index in [2.05, 4.69) is 0 Å². The summed E-state index contributed by atoms with van der Waals surface area (Å²) >= 11 is 0. The monoisotopic (exact) mass is 558 g/mol. The SMILES string of the molecule is COc1ccc(-c2cc3ccccc3c(-c3c(O)c(-c4ccc(OC)cc4OC)cc4ccccc34)c2O)c(OC)c1.